The van der Waals surface area contributed by atoms with E-state index in [9.17, 15) is 22.8 Å². The summed E-state index contributed by atoms with van der Waals surface area (Å²) in [7, 11) is 0. The number of nitrogens with zero attached hydrogens (tertiary/aromatic N) is 2. The van der Waals surface area contributed by atoms with Gasteiger partial charge in [0.2, 0.25) is 0 Å². The molecule has 2 unspecified atom stereocenters. The van der Waals surface area contributed by atoms with Crippen molar-refractivity contribution in [3.05, 3.63) is 47.4 Å². The second-order valence-electron chi connectivity index (χ2n) is 6.34. The van der Waals surface area contributed by atoms with E-state index >= 15 is 0 Å². The Labute approximate surface area is 147 Å². The number of hydrogen-bond acceptors (Lipinski definition) is 4. The minimum absolute atomic E-state index is 0.00251. The molecule has 2 atom stereocenters. The van der Waals surface area contributed by atoms with Crippen molar-refractivity contribution in [2.75, 3.05) is 13.2 Å². The molecule has 2 N–H and O–H groups in total. The van der Waals surface area contributed by atoms with E-state index < -0.39 is 29.9 Å². The van der Waals surface area contributed by atoms with Gasteiger partial charge in [0.25, 0.3) is 0 Å². The van der Waals surface area contributed by atoms with Crippen LogP contribution in [0.3, 0.4) is 0 Å². The summed E-state index contributed by atoms with van der Waals surface area (Å²) in [6.45, 7) is 0.905. The van der Waals surface area contributed by atoms with Gasteiger partial charge in [-0.2, -0.15) is 18.4 Å². The standard InChI is InChI=1S/C18H15F4N3O/c1-17(8-24)9-26-16-12(17)6-14(13(7-23)18(20,21)22)25-15(16)10-2-4-11(19)5-3-10/h2-6,13H,7,9,23H2,1H3. The van der Waals surface area contributed by atoms with Gasteiger partial charge in [0, 0.05) is 17.7 Å². The van der Waals surface area contributed by atoms with Crippen LogP contribution in [0.5, 0.6) is 5.75 Å². The predicted octanol–water partition coefficient (Wildman–Crippen LogP) is 3.67. The van der Waals surface area contributed by atoms with Gasteiger partial charge in [0.05, 0.1) is 11.8 Å². The van der Waals surface area contributed by atoms with E-state index in [4.69, 9.17) is 10.5 Å². The molecule has 1 aliphatic heterocycles. The van der Waals surface area contributed by atoms with Crippen LogP contribution in [0.15, 0.2) is 30.3 Å². The molecule has 1 aliphatic rings. The SMILES string of the molecule is CC1(C#N)COc2c1cc(C(CN)C(F)(F)F)nc2-c1ccc(F)cc1. The molecule has 3 rings (SSSR count). The Bertz CT molecular complexity index is 874. The van der Waals surface area contributed by atoms with Crippen molar-refractivity contribution in [3.8, 4) is 23.1 Å². The van der Waals surface area contributed by atoms with Gasteiger partial charge in [-0.25, -0.2) is 9.37 Å². The summed E-state index contributed by atoms with van der Waals surface area (Å²) in [5.74, 6) is -2.22. The molecular weight excluding hydrogens is 350 g/mol. The number of benzene rings is 1. The highest BCUT2D eigenvalue weighted by Crippen LogP contribution is 2.46. The Morgan fingerprint density at radius 3 is 2.54 bits per heavy atom. The van der Waals surface area contributed by atoms with E-state index in [-0.39, 0.29) is 23.7 Å². The molecule has 26 heavy (non-hydrogen) atoms. The highest BCUT2D eigenvalue weighted by Gasteiger charge is 2.44. The Kier molecular flexibility index (Phi) is 4.36. The normalized spacial score (nSPS) is 20.2. The number of ether oxygens (including phenoxy) is 1. The molecule has 0 aliphatic carbocycles. The van der Waals surface area contributed by atoms with Crippen LogP contribution in [0, 0.1) is 17.1 Å². The summed E-state index contributed by atoms with van der Waals surface area (Å²) < 4.78 is 58.9. The van der Waals surface area contributed by atoms with Crippen LogP contribution in [0.4, 0.5) is 17.6 Å². The maximum absolute atomic E-state index is 13.4. The average Bonchev–Trinajstić information content (AvgIpc) is 2.92. The Morgan fingerprint density at radius 1 is 1.35 bits per heavy atom. The Hall–Kier alpha value is -2.66. The van der Waals surface area contributed by atoms with Crippen molar-refractivity contribution in [2.45, 2.75) is 24.4 Å². The van der Waals surface area contributed by atoms with Gasteiger partial charge in [0.1, 0.15) is 29.5 Å². The number of nitrogens with two attached hydrogens (primary N) is 1. The quantitative estimate of drug-likeness (QED) is 0.843. The van der Waals surface area contributed by atoms with Gasteiger partial charge in [-0.1, -0.05) is 0 Å². The fraction of sp³-hybridized carbons (Fsp3) is 0.333. The molecule has 1 aromatic carbocycles. The lowest BCUT2D eigenvalue weighted by Crippen LogP contribution is -2.29. The lowest BCUT2D eigenvalue weighted by atomic mass is 9.84. The third-order valence-electron chi connectivity index (χ3n) is 4.44. The molecule has 2 aromatic rings. The molecule has 1 aromatic heterocycles. The van der Waals surface area contributed by atoms with Crippen LogP contribution in [0.25, 0.3) is 11.3 Å². The second-order valence-corrected chi connectivity index (χ2v) is 6.34. The minimum Gasteiger partial charge on any atom is -0.489 e. The zero-order valence-electron chi connectivity index (χ0n) is 13.8. The van der Waals surface area contributed by atoms with Crippen molar-refractivity contribution in [1.29, 1.82) is 5.26 Å². The molecule has 136 valence electrons. The number of aromatic nitrogens is 1. The zero-order chi connectivity index (χ0) is 19.1. The van der Waals surface area contributed by atoms with E-state index in [1.54, 1.807) is 6.92 Å². The van der Waals surface area contributed by atoms with E-state index in [1.165, 1.54) is 30.3 Å². The molecular formula is C18H15F4N3O. The van der Waals surface area contributed by atoms with Gasteiger partial charge in [-0.3, -0.25) is 0 Å². The summed E-state index contributed by atoms with van der Waals surface area (Å²) in [5, 5.41) is 9.47. The number of pyridine rings is 1. The molecule has 8 heteroatoms. The number of halogens is 4. The van der Waals surface area contributed by atoms with Gasteiger partial charge >= 0.3 is 6.18 Å². The van der Waals surface area contributed by atoms with Crippen LogP contribution in [0.1, 0.15) is 24.1 Å². The van der Waals surface area contributed by atoms with E-state index in [0.29, 0.717) is 11.1 Å². The number of nitriles is 1. The zero-order valence-corrected chi connectivity index (χ0v) is 13.8. The Morgan fingerprint density at radius 2 is 2.00 bits per heavy atom. The molecule has 2 heterocycles. The maximum Gasteiger partial charge on any atom is 0.398 e. The van der Waals surface area contributed by atoms with Crippen LogP contribution < -0.4 is 10.5 Å². The minimum atomic E-state index is -4.58. The van der Waals surface area contributed by atoms with E-state index in [0.717, 1.165) is 0 Å². The number of fused-ring (bicyclic) bond motifs is 1. The number of rotatable bonds is 3. The fourth-order valence-corrected chi connectivity index (χ4v) is 2.90. The topological polar surface area (TPSA) is 71.9 Å². The van der Waals surface area contributed by atoms with Gasteiger partial charge in [0.15, 0.2) is 5.75 Å². The van der Waals surface area contributed by atoms with Crippen LogP contribution in [-0.2, 0) is 5.41 Å². The summed E-state index contributed by atoms with van der Waals surface area (Å²) in [5.41, 5.74) is 4.80. The first-order chi connectivity index (χ1) is 12.2. The Balaban J connectivity index is 2.26. The smallest absolute Gasteiger partial charge is 0.398 e. The number of hydrogen-bond donors (Lipinski definition) is 1. The average molecular weight is 365 g/mol. The molecule has 4 nitrogen and oxygen atoms in total. The molecule has 0 spiro atoms. The summed E-state index contributed by atoms with van der Waals surface area (Å²) in [6, 6.07) is 8.48. The van der Waals surface area contributed by atoms with Crippen LogP contribution in [0.2, 0.25) is 0 Å². The molecule has 0 saturated carbocycles. The van der Waals surface area contributed by atoms with Gasteiger partial charge in [-0.15, -0.1) is 0 Å². The monoisotopic (exact) mass is 365 g/mol. The van der Waals surface area contributed by atoms with Crippen molar-refractivity contribution < 1.29 is 22.3 Å². The van der Waals surface area contributed by atoms with Crippen molar-refractivity contribution in [1.82, 2.24) is 4.98 Å². The first-order valence-corrected chi connectivity index (χ1v) is 7.82. The van der Waals surface area contributed by atoms with E-state index in [2.05, 4.69) is 11.1 Å². The second kappa shape index (κ2) is 6.25. The highest BCUT2D eigenvalue weighted by atomic mass is 19.4. The number of alkyl halides is 3. The first kappa shape index (κ1) is 18.1. The largest absolute Gasteiger partial charge is 0.489 e. The van der Waals surface area contributed by atoms with E-state index in [1.807, 2.05) is 0 Å². The fourth-order valence-electron chi connectivity index (χ4n) is 2.90. The van der Waals surface area contributed by atoms with Crippen LogP contribution >= 0.6 is 0 Å². The molecule has 0 radical (unpaired) electrons. The molecule has 0 fully saturated rings. The lowest BCUT2D eigenvalue weighted by Gasteiger charge is -2.21. The van der Waals surface area contributed by atoms with Crippen molar-refractivity contribution >= 4 is 0 Å². The van der Waals surface area contributed by atoms with Gasteiger partial charge in [-0.05, 0) is 37.3 Å². The van der Waals surface area contributed by atoms with Crippen LogP contribution in [-0.4, -0.2) is 24.3 Å². The highest BCUT2D eigenvalue weighted by molar-refractivity contribution is 5.71. The third kappa shape index (κ3) is 2.99. The first-order valence-electron chi connectivity index (χ1n) is 7.82. The molecule has 0 saturated heterocycles. The summed E-state index contributed by atoms with van der Waals surface area (Å²) >= 11 is 0. The summed E-state index contributed by atoms with van der Waals surface area (Å²) in [4.78, 5) is 4.12. The van der Waals surface area contributed by atoms with Gasteiger partial charge < -0.3 is 10.5 Å². The summed E-state index contributed by atoms with van der Waals surface area (Å²) in [6.07, 6.45) is -4.58. The lowest BCUT2D eigenvalue weighted by molar-refractivity contribution is -0.148. The molecule has 0 bridgehead atoms. The third-order valence-corrected chi connectivity index (χ3v) is 4.44. The van der Waals surface area contributed by atoms with Crippen molar-refractivity contribution in [3.63, 3.8) is 0 Å². The predicted molar refractivity (Wildman–Crippen MR) is 85.9 cm³/mol. The van der Waals surface area contributed by atoms with Crippen molar-refractivity contribution in [2.24, 2.45) is 5.73 Å². The maximum atomic E-state index is 13.4. The molecule has 0 amide bonds.